The first-order valence-electron chi connectivity index (χ1n) is 4.04. The van der Waals surface area contributed by atoms with Crippen LogP contribution >= 0.6 is 0 Å². The summed E-state index contributed by atoms with van der Waals surface area (Å²) in [5.74, 6) is 0.200. The van der Waals surface area contributed by atoms with Gasteiger partial charge in [0.05, 0.1) is 5.69 Å². The molecule has 0 atom stereocenters. The standard InChI is InChI=1S/C9H8N4O/c14-13(8-4-2-1-3-5-8)9-11-6-10-7-12-9/h1-7,14H. The minimum atomic E-state index is 0.200. The van der Waals surface area contributed by atoms with E-state index in [1.54, 1.807) is 12.1 Å². The first-order valence-corrected chi connectivity index (χ1v) is 4.04. The van der Waals surface area contributed by atoms with Crippen molar-refractivity contribution in [3.63, 3.8) is 0 Å². The maximum Gasteiger partial charge on any atom is 0.257 e. The summed E-state index contributed by atoms with van der Waals surface area (Å²) in [6.07, 6.45) is 2.66. The van der Waals surface area contributed by atoms with E-state index in [9.17, 15) is 5.21 Å². The molecule has 5 heteroatoms. The van der Waals surface area contributed by atoms with Crippen LogP contribution in [0.1, 0.15) is 0 Å². The van der Waals surface area contributed by atoms with Crippen LogP contribution in [0.3, 0.4) is 0 Å². The summed E-state index contributed by atoms with van der Waals surface area (Å²) < 4.78 is 0. The van der Waals surface area contributed by atoms with Gasteiger partial charge in [0.15, 0.2) is 0 Å². The van der Waals surface area contributed by atoms with Gasteiger partial charge in [0.25, 0.3) is 5.95 Å². The first kappa shape index (κ1) is 8.58. The van der Waals surface area contributed by atoms with E-state index in [4.69, 9.17) is 0 Å². The number of hydrogen-bond donors (Lipinski definition) is 1. The van der Waals surface area contributed by atoms with E-state index in [1.807, 2.05) is 18.2 Å². The van der Waals surface area contributed by atoms with Crippen molar-refractivity contribution in [2.45, 2.75) is 0 Å². The molecule has 0 aliphatic heterocycles. The minimum Gasteiger partial charge on any atom is -0.281 e. The van der Waals surface area contributed by atoms with Crippen LogP contribution in [0.25, 0.3) is 0 Å². The summed E-state index contributed by atoms with van der Waals surface area (Å²) in [6.45, 7) is 0. The molecule has 0 saturated heterocycles. The Hall–Kier alpha value is -2.01. The van der Waals surface area contributed by atoms with Crippen LogP contribution < -0.4 is 5.06 Å². The van der Waals surface area contributed by atoms with Crippen molar-refractivity contribution in [3.8, 4) is 0 Å². The molecule has 0 aliphatic carbocycles. The Bertz CT molecular complexity index is 353. The van der Waals surface area contributed by atoms with E-state index in [2.05, 4.69) is 15.0 Å². The largest absolute Gasteiger partial charge is 0.281 e. The Balaban J connectivity index is 2.30. The van der Waals surface area contributed by atoms with Crippen LogP contribution in [0.5, 0.6) is 0 Å². The summed E-state index contributed by atoms with van der Waals surface area (Å²) in [6, 6.07) is 9.01. The van der Waals surface area contributed by atoms with Crippen LogP contribution in [0, 0.1) is 0 Å². The second-order valence-electron chi connectivity index (χ2n) is 2.59. The maximum atomic E-state index is 9.67. The van der Waals surface area contributed by atoms with E-state index in [0.29, 0.717) is 5.69 Å². The van der Waals surface area contributed by atoms with Gasteiger partial charge in [0, 0.05) is 0 Å². The highest BCUT2D eigenvalue weighted by molar-refractivity contribution is 5.52. The number of hydrogen-bond acceptors (Lipinski definition) is 5. The normalized spacial score (nSPS) is 9.79. The molecule has 70 valence electrons. The highest BCUT2D eigenvalue weighted by Crippen LogP contribution is 2.17. The zero-order chi connectivity index (χ0) is 9.80. The molecule has 1 aromatic carbocycles. The molecule has 14 heavy (non-hydrogen) atoms. The number of nitrogens with zero attached hydrogens (tertiary/aromatic N) is 4. The number of anilines is 2. The third-order valence-corrected chi connectivity index (χ3v) is 1.67. The average Bonchev–Trinajstić information content (AvgIpc) is 2.30. The van der Waals surface area contributed by atoms with Crippen LogP contribution in [0.4, 0.5) is 11.6 Å². The molecule has 0 unspecified atom stereocenters. The molecule has 0 aliphatic rings. The lowest BCUT2D eigenvalue weighted by Crippen LogP contribution is -2.13. The monoisotopic (exact) mass is 188 g/mol. The van der Waals surface area contributed by atoms with Crippen molar-refractivity contribution >= 4 is 11.6 Å². The fourth-order valence-corrected chi connectivity index (χ4v) is 1.03. The lowest BCUT2D eigenvalue weighted by atomic mass is 10.3. The minimum absolute atomic E-state index is 0.200. The smallest absolute Gasteiger partial charge is 0.257 e. The lowest BCUT2D eigenvalue weighted by Gasteiger charge is -2.13. The Morgan fingerprint density at radius 1 is 1.00 bits per heavy atom. The van der Waals surface area contributed by atoms with Crippen molar-refractivity contribution in [3.05, 3.63) is 43.0 Å². The van der Waals surface area contributed by atoms with Gasteiger partial charge >= 0.3 is 0 Å². The zero-order valence-electron chi connectivity index (χ0n) is 7.28. The van der Waals surface area contributed by atoms with Gasteiger partial charge in [0.1, 0.15) is 12.7 Å². The van der Waals surface area contributed by atoms with Crippen LogP contribution in [0.15, 0.2) is 43.0 Å². The third kappa shape index (κ3) is 1.67. The van der Waals surface area contributed by atoms with Gasteiger partial charge in [-0.05, 0) is 12.1 Å². The van der Waals surface area contributed by atoms with Crippen molar-refractivity contribution in [1.82, 2.24) is 15.0 Å². The molecule has 0 radical (unpaired) electrons. The van der Waals surface area contributed by atoms with Gasteiger partial charge in [-0.15, -0.1) is 0 Å². The molecule has 1 heterocycles. The maximum absolute atomic E-state index is 9.67. The van der Waals surface area contributed by atoms with Gasteiger partial charge in [0.2, 0.25) is 0 Å². The van der Waals surface area contributed by atoms with Gasteiger partial charge in [-0.3, -0.25) is 5.21 Å². The number of aromatic nitrogens is 3. The summed E-state index contributed by atoms with van der Waals surface area (Å²) in [7, 11) is 0. The fraction of sp³-hybridized carbons (Fsp3) is 0. The molecular weight excluding hydrogens is 180 g/mol. The van der Waals surface area contributed by atoms with E-state index in [0.717, 1.165) is 5.06 Å². The molecule has 0 fully saturated rings. The van der Waals surface area contributed by atoms with E-state index >= 15 is 0 Å². The zero-order valence-corrected chi connectivity index (χ0v) is 7.28. The van der Waals surface area contributed by atoms with Crippen LogP contribution in [-0.4, -0.2) is 20.2 Å². The Kier molecular flexibility index (Phi) is 2.33. The molecule has 2 rings (SSSR count). The summed E-state index contributed by atoms with van der Waals surface area (Å²) in [4.78, 5) is 11.3. The molecular formula is C9H8N4O. The lowest BCUT2D eigenvalue weighted by molar-refractivity contribution is 0.293. The van der Waals surface area contributed by atoms with Crippen LogP contribution in [0.2, 0.25) is 0 Å². The van der Waals surface area contributed by atoms with Crippen LogP contribution in [-0.2, 0) is 0 Å². The van der Waals surface area contributed by atoms with Gasteiger partial charge in [-0.2, -0.15) is 15.0 Å². The van der Waals surface area contributed by atoms with Crippen molar-refractivity contribution in [2.24, 2.45) is 0 Å². The number of benzene rings is 1. The average molecular weight is 188 g/mol. The van der Waals surface area contributed by atoms with Gasteiger partial charge in [-0.1, -0.05) is 18.2 Å². The Labute approximate surface area is 80.7 Å². The van der Waals surface area contributed by atoms with Gasteiger partial charge in [-0.25, -0.2) is 4.98 Å². The summed E-state index contributed by atoms with van der Waals surface area (Å²) >= 11 is 0. The number of rotatable bonds is 2. The second-order valence-corrected chi connectivity index (χ2v) is 2.59. The number of para-hydroxylation sites is 1. The van der Waals surface area contributed by atoms with E-state index in [1.165, 1.54) is 12.7 Å². The molecule has 0 spiro atoms. The molecule has 2 aromatic rings. The molecule has 0 amide bonds. The van der Waals surface area contributed by atoms with E-state index < -0.39 is 0 Å². The molecule has 0 bridgehead atoms. The highest BCUT2D eigenvalue weighted by Gasteiger charge is 2.06. The van der Waals surface area contributed by atoms with Crippen molar-refractivity contribution in [1.29, 1.82) is 0 Å². The Morgan fingerprint density at radius 2 is 1.64 bits per heavy atom. The Morgan fingerprint density at radius 3 is 2.29 bits per heavy atom. The SMILES string of the molecule is ON(c1ccccc1)c1ncncn1. The predicted octanol–water partition coefficient (Wildman–Crippen LogP) is 1.40. The highest BCUT2D eigenvalue weighted by atomic mass is 16.5. The topological polar surface area (TPSA) is 62.1 Å². The van der Waals surface area contributed by atoms with Crippen molar-refractivity contribution < 1.29 is 5.21 Å². The predicted molar refractivity (Wildman–Crippen MR) is 50.2 cm³/mol. The molecule has 1 aromatic heterocycles. The van der Waals surface area contributed by atoms with Crippen molar-refractivity contribution in [2.75, 3.05) is 5.06 Å². The summed E-state index contributed by atoms with van der Waals surface area (Å²) in [5, 5.41) is 10.6. The van der Waals surface area contributed by atoms with Gasteiger partial charge < -0.3 is 0 Å². The molecule has 1 N–H and O–H groups in total. The molecule has 5 nitrogen and oxygen atoms in total. The second kappa shape index (κ2) is 3.80. The third-order valence-electron chi connectivity index (χ3n) is 1.67. The first-order chi connectivity index (χ1) is 6.88. The quantitative estimate of drug-likeness (QED) is 0.722. The van der Waals surface area contributed by atoms with E-state index in [-0.39, 0.29) is 5.95 Å². The summed E-state index contributed by atoms with van der Waals surface area (Å²) in [5.41, 5.74) is 0.610. The fourth-order valence-electron chi connectivity index (χ4n) is 1.03. The molecule has 0 saturated carbocycles.